The number of aromatic nitrogens is 1. The van der Waals surface area contributed by atoms with Gasteiger partial charge in [0.2, 0.25) is 0 Å². The summed E-state index contributed by atoms with van der Waals surface area (Å²) in [6.45, 7) is 2.19. The van der Waals surface area contributed by atoms with Gasteiger partial charge in [-0.15, -0.1) is 0 Å². The van der Waals surface area contributed by atoms with Crippen molar-refractivity contribution in [1.29, 1.82) is 0 Å². The van der Waals surface area contributed by atoms with Crippen molar-refractivity contribution in [3.05, 3.63) is 58.4 Å². The van der Waals surface area contributed by atoms with Crippen molar-refractivity contribution in [2.24, 2.45) is 0 Å². The average molecular weight is 466 g/mol. The predicted molar refractivity (Wildman–Crippen MR) is 128 cm³/mol. The second kappa shape index (κ2) is 8.84. The highest BCUT2D eigenvalue weighted by molar-refractivity contribution is 7.22. The van der Waals surface area contributed by atoms with Gasteiger partial charge in [0.05, 0.1) is 10.2 Å². The molecule has 0 atom stereocenters. The van der Waals surface area contributed by atoms with Crippen molar-refractivity contribution >= 4 is 43.6 Å². The first-order valence-corrected chi connectivity index (χ1v) is 11.5. The van der Waals surface area contributed by atoms with E-state index in [-0.39, 0.29) is 5.56 Å². The Morgan fingerprint density at radius 2 is 1.82 bits per heavy atom. The third kappa shape index (κ3) is 4.29. The van der Waals surface area contributed by atoms with Gasteiger partial charge in [0.15, 0.2) is 16.6 Å². The number of benzene rings is 2. The van der Waals surface area contributed by atoms with Crippen molar-refractivity contribution in [2.75, 3.05) is 45.3 Å². The van der Waals surface area contributed by atoms with Crippen molar-refractivity contribution in [2.45, 2.75) is 6.42 Å². The number of rotatable bonds is 6. The molecule has 0 N–H and O–H groups in total. The van der Waals surface area contributed by atoms with Gasteiger partial charge in [-0.25, -0.2) is 9.78 Å². The molecule has 3 heterocycles. The SMILES string of the molecule is CN(C)CCCN(C(=O)c1cc2ccccc2oc1=O)c1nc2cc3c(cc2s1)OCCO3. The third-order valence-electron chi connectivity index (χ3n) is 5.38. The Morgan fingerprint density at radius 1 is 1.06 bits per heavy atom. The first kappa shape index (κ1) is 21.4. The molecule has 0 aliphatic carbocycles. The van der Waals surface area contributed by atoms with Crippen LogP contribution in [0.1, 0.15) is 16.8 Å². The fraction of sp³-hybridized carbons (Fsp3) is 0.292. The smallest absolute Gasteiger partial charge is 0.349 e. The summed E-state index contributed by atoms with van der Waals surface area (Å²) in [5.41, 5.74) is 0.498. The number of thiazole rings is 1. The number of nitrogens with zero attached hydrogens (tertiary/aromatic N) is 3. The van der Waals surface area contributed by atoms with Gasteiger partial charge in [-0.1, -0.05) is 29.5 Å². The van der Waals surface area contributed by atoms with Crippen LogP contribution in [0.5, 0.6) is 11.5 Å². The third-order valence-corrected chi connectivity index (χ3v) is 6.42. The highest BCUT2D eigenvalue weighted by atomic mass is 32.1. The number of anilines is 1. The molecule has 0 bridgehead atoms. The molecule has 33 heavy (non-hydrogen) atoms. The molecule has 1 aliphatic heterocycles. The van der Waals surface area contributed by atoms with E-state index >= 15 is 0 Å². The van der Waals surface area contributed by atoms with Crippen LogP contribution in [0, 0.1) is 0 Å². The van der Waals surface area contributed by atoms with Gasteiger partial charge >= 0.3 is 5.63 Å². The number of hydrogen-bond donors (Lipinski definition) is 0. The molecule has 1 aliphatic rings. The lowest BCUT2D eigenvalue weighted by Crippen LogP contribution is -2.36. The van der Waals surface area contributed by atoms with E-state index in [0.717, 1.165) is 23.2 Å². The Kier molecular flexibility index (Phi) is 5.74. The van der Waals surface area contributed by atoms with Crippen LogP contribution in [0.3, 0.4) is 0 Å². The number of hydrogen-bond acceptors (Lipinski definition) is 8. The van der Waals surface area contributed by atoms with Gasteiger partial charge in [-0.2, -0.15) is 0 Å². The summed E-state index contributed by atoms with van der Waals surface area (Å²) < 4.78 is 17.6. The standard InChI is InChI=1S/C24H23N3O5S/c1-26(2)8-5-9-27(22(28)16-12-15-6-3-4-7-18(15)32-23(16)29)24-25-17-13-19-20(14-21(17)33-24)31-11-10-30-19/h3-4,6-7,12-14H,5,8-11H2,1-2H3. The summed E-state index contributed by atoms with van der Waals surface area (Å²) in [5.74, 6) is 0.889. The van der Waals surface area contributed by atoms with E-state index in [4.69, 9.17) is 18.9 Å². The highest BCUT2D eigenvalue weighted by Crippen LogP contribution is 2.39. The maximum atomic E-state index is 13.6. The summed E-state index contributed by atoms with van der Waals surface area (Å²) >= 11 is 1.38. The first-order valence-electron chi connectivity index (χ1n) is 10.7. The molecule has 9 heteroatoms. The minimum Gasteiger partial charge on any atom is -0.486 e. The van der Waals surface area contributed by atoms with Crippen LogP contribution in [0.4, 0.5) is 5.13 Å². The zero-order valence-corrected chi connectivity index (χ0v) is 19.2. The van der Waals surface area contributed by atoms with E-state index in [1.807, 2.05) is 43.3 Å². The normalized spacial score (nSPS) is 13.1. The molecule has 0 fully saturated rings. The molecule has 4 aromatic rings. The van der Waals surface area contributed by atoms with E-state index < -0.39 is 11.5 Å². The maximum Gasteiger partial charge on any atom is 0.349 e. The number of amides is 1. The summed E-state index contributed by atoms with van der Waals surface area (Å²) in [6, 6.07) is 12.5. The molecule has 0 saturated carbocycles. The van der Waals surface area contributed by atoms with E-state index in [2.05, 4.69) is 0 Å². The van der Waals surface area contributed by atoms with Crippen molar-refractivity contribution in [3.63, 3.8) is 0 Å². The lowest BCUT2D eigenvalue weighted by Gasteiger charge is -2.20. The Bertz CT molecular complexity index is 1350. The van der Waals surface area contributed by atoms with Gasteiger partial charge in [-0.3, -0.25) is 9.69 Å². The van der Waals surface area contributed by atoms with E-state index in [1.54, 1.807) is 23.1 Å². The van der Waals surface area contributed by atoms with E-state index in [1.165, 1.54) is 11.3 Å². The molecule has 2 aromatic heterocycles. The second-order valence-electron chi connectivity index (χ2n) is 8.06. The predicted octanol–water partition coefficient (Wildman–Crippen LogP) is 3.77. The molecule has 5 rings (SSSR count). The van der Waals surface area contributed by atoms with Crippen molar-refractivity contribution in [1.82, 2.24) is 9.88 Å². The average Bonchev–Trinajstić information content (AvgIpc) is 3.21. The fourth-order valence-corrected chi connectivity index (χ4v) is 4.75. The lowest BCUT2D eigenvalue weighted by molar-refractivity contribution is 0.0982. The highest BCUT2D eigenvalue weighted by Gasteiger charge is 2.25. The Balaban J connectivity index is 1.55. The molecule has 1 amide bonds. The topological polar surface area (TPSA) is 85.1 Å². The number of ether oxygens (including phenoxy) is 2. The second-order valence-corrected chi connectivity index (χ2v) is 9.07. The molecular weight excluding hydrogens is 442 g/mol. The quantitative estimate of drug-likeness (QED) is 0.401. The van der Waals surface area contributed by atoms with E-state index in [9.17, 15) is 9.59 Å². The van der Waals surface area contributed by atoms with Crippen LogP contribution >= 0.6 is 11.3 Å². The number of carbonyl (C=O) groups excluding carboxylic acids is 1. The zero-order valence-electron chi connectivity index (χ0n) is 18.4. The Hall–Kier alpha value is -3.43. The van der Waals surface area contributed by atoms with Gasteiger partial charge < -0.3 is 18.8 Å². The van der Waals surface area contributed by atoms with E-state index in [0.29, 0.717) is 47.4 Å². The van der Waals surface area contributed by atoms with Crippen LogP contribution in [0.2, 0.25) is 0 Å². The number of carbonyl (C=O) groups is 1. The van der Waals surface area contributed by atoms with Gasteiger partial charge in [0.1, 0.15) is 24.4 Å². The molecule has 170 valence electrons. The molecule has 0 spiro atoms. The fourth-order valence-electron chi connectivity index (χ4n) is 3.75. The summed E-state index contributed by atoms with van der Waals surface area (Å²) in [6.07, 6.45) is 0.719. The molecule has 0 unspecified atom stereocenters. The zero-order chi connectivity index (χ0) is 22.9. The minimum absolute atomic E-state index is 0.0104. The van der Waals surface area contributed by atoms with Crippen molar-refractivity contribution < 1.29 is 18.7 Å². The minimum atomic E-state index is -0.658. The largest absolute Gasteiger partial charge is 0.486 e. The van der Waals surface area contributed by atoms with Crippen LogP contribution < -0.4 is 20.0 Å². The molecule has 0 saturated heterocycles. The van der Waals surface area contributed by atoms with Gasteiger partial charge in [-0.05, 0) is 39.2 Å². The van der Waals surface area contributed by atoms with Gasteiger partial charge in [0, 0.05) is 24.1 Å². The maximum absolute atomic E-state index is 13.6. The Labute approximate surface area is 194 Å². The molecular formula is C24H23N3O5S. The summed E-state index contributed by atoms with van der Waals surface area (Å²) in [7, 11) is 3.96. The molecule has 0 radical (unpaired) electrons. The Morgan fingerprint density at radius 3 is 2.61 bits per heavy atom. The number of fused-ring (bicyclic) bond motifs is 3. The van der Waals surface area contributed by atoms with Crippen molar-refractivity contribution in [3.8, 4) is 11.5 Å². The number of para-hydroxylation sites is 1. The summed E-state index contributed by atoms with van der Waals surface area (Å²) in [5, 5.41) is 1.21. The monoisotopic (exact) mass is 465 g/mol. The van der Waals surface area contributed by atoms with Crippen LogP contribution in [-0.2, 0) is 0 Å². The summed E-state index contributed by atoms with van der Waals surface area (Å²) in [4.78, 5) is 34.6. The lowest BCUT2D eigenvalue weighted by atomic mass is 10.1. The van der Waals surface area contributed by atoms with Crippen LogP contribution in [0.25, 0.3) is 21.2 Å². The first-order chi connectivity index (χ1) is 16.0. The molecule has 2 aromatic carbocycles. The van der Waals surface area contributed by atoms with Crippen LogP contribution in [-0.4, -0.2) is 56.2 Å². The van der Waals surface area contributed by atoms with Gasteiger partial charge in [0.25, 0.3) is 5.91 Å². The van der Waals surface area contributed by atoms with Crippen LogP contribution in [0.15, 0.2) is 51.7 Å². The molecule has 8 nitrogen and oxygen atoms in total.